The minimum atomic E-state index is 0.199. The second-order valence-electron chi connectivity index (χ2n) is 8.15. The fraction of sp³-hybridized carbons (Fsp3) is 0.550. The summed E-state index contributed by atoms with van der Waals surface area (Å²) in [5.74, 6) is 0.485. The molecule has 0 amide bonds. The molecule has 3 unspecified atom stereocenters. The van der Waals surface area contributed by atoms with Crippen molar-refractivity contribution < 1.29 is 0 Å². The van der Waals surface area contributed by atoms with E-state index in [2.05, 4.69) is 56.9 Å². The van der Waals surface area contributed by atoms with Gasteiger partial charge in [-0.15, -0.1) is 11.3 Å². The van der Waals surface area contributed by atoms with E-state index in [9.17, 15) is 0 Å². The van der Waals surface area contributed by atoms with Crippen molar-refractivity contribution in [3.63, 3.8) is 0 Å². The van der Waals surface area contributed by atoms with Crippen LogP contribution in [0, 0.1) is 0 Å². The standard InChI is InChI=1S/C20H27N3S/c1-5-23-15-11-10-14(16-18(15)24-19(21)22-16)17(23)12-6-8-13(9-7-12)20(2,3)4/h6-9,14-15,17H,5,10-11H2,1-4H3,(H2,21,22). The van der Waals surface area contributed by atoms with Gasteiger partial charge in [-0.05, 0) is 35.9 Å². The molecule has 3 heterocycles. The van der Waals surface area contributed by atoms with Crippen LogP contribution < -0.4 is 5.73 Å². The number of rotatable bonds is 2. The first-order chi connectivity index (χ1) is 11.4. The Hall–Kier alpha value is -1.39. The first-order valence-corrected chi connectivity index (χ1v) is 9.84. The number of likely N-dealkylation sites (N-methyl/N-ethyl adjacent to an activating group) is 1. The summed E-state index contributed by atoms with van der Waals surface area (Å²) in [6, 6.07) is 10.2. The van der Waals surface area contributed by atoms with Gasteiger partial charge >= 0.3 is 0 Å². The highest BCUT2D eigenvalue weighted by Gasteiger charge is 2.47. The zero-order valence-corrected chi connectivity index (χ0v) is 15.9. The number of benzene rings is 1. The van der Waals surface area contributed by atoms with Crippen molar-refractivity contribution in [2.75, 3.05) is 12.3 Å². The van der Waals surface area contributed by atoms with Crippen molar-refractivity contribution in [2.45, 2.75) is 64.0 Å². The van der Waals surface area contributed by atoms with Crippen LogP contribution in [0.1, 0.15) is 80.2 Å². The van der Waals surface area contributed by atoms with Crippen LogP contribution in [0.3, 0.4) is 0 Å². The molecular formula is C20H27N3S. The lowest BCUT2D eigenvalue weighted by Gasteiger charge is -2.50. The molecule has 3 aliphatic rings. The van der Waals surface area contributed by atoms with Gasteiger partial charge in [0, 0.05) is 22.9 Å². The normalized spacial score (nSPS) is 26.6. The van der Waals surface area contributed by atoms with E-state index >= 15 is 0 Å². The summed E-state index contributed by atoms with van der Waals surface area (Å²) in [6.07, 6.45) is 2.47. The van der Waals surface area contributed by atoms with Crippen LogP contribution in [0.4, 0.5) is 5.13 Å². The third-order valence-corrected chi connectivity index (χ3v) is 6.73. The van der Waals surface area contributed by atoms with Crippen molar-refractivity contribution in [3.05, 3.63) is 46.0 Å². The van der Waals surface area contributed by atoms with Crippen molar-refractivity contribution >= 4 is 16.5 Å². The number of nitrogen functional groups attached to an aromatic ring is 1. The first kappa shape index (κ1) is 16.1. The second-order valence-corrected chi connectivity index (χ2v) is 9.21. The summed E-state index contributed by atoms with van der Waals surface area (Å²) in [6.45, 7) is 10.2. The Kier molecular flexibility index (Phi) is 3.73. The molecule has 5 rings (SSSR count). The molecule has 24 heavy (non-hydrogen) atoms. The molecule has 2 aliphatic heterocycles. The first-order valence-electron chi connectivity index (χ1n) is 9.02. The highest BCUT2D eigenvalue weighted by molar-refractivity contribution is 7.15. The fourth-order valence-corrected chi connectivity index (χ4v) is 5.60. The zero-order valence-electron chi connectivity index (χ0n) is 15.0. The lowest BCUT2D eigenvalue weighted by Crippen LogP contribution is -2.44. The van der Waals surface area contributed by atoms with Gasteiger partial charge in [-0.25, -0.2) is 4.98 Å². The summed E-state index contributed by atoms with van der Waals surface area (Å²) < 4.78 is 0. The predicted octanol–water partition coefficient (Wildman–Crippen LogP) is 5.02. The summed E-state index contributed by atoms with van der Waals surface area (Å²) in [5.41, 5.74) is 10.3. The quantitative estimate of drug-likeness (QED) is 0.834. The number of aromatic nitrogens is 1. The molecule has 0 saturated carbocycles. The van der Waals surface area contributed by atoms with Crippen LogP contribution >= 0.6 is 11.3 Å². The summed E-state index contributed by atoms with van der Waals surface area (Å²) in [7, 11) is 0. The van der Waals surface area contributed by atoms with Gasteiger partial charge in [0.2, 0.25) is 0 Å². The molecule has 2 bridgehead atoms. The lowest BCUT2D eigenvalue weighted by atomic mass is 9.73. The molecule has 2 aromatic rings. The smallest absolute Gasteiger partial charge is 0.180 e. The highest BCUT2D eigenvalue weighted by Crippen LogP contribution is 2.57. The molecule has 4 heteroatoms. The third kappa shape index (κ3) is 2.39. The molecule has 1 aromatic heterocycles. The molecule has 0 radical (unpaired) electrons. The number of thiazole rings is 1. The minimum Gasteiger partial charge on any atom is -0.375 e. The van der Waals surface area contributed by atoms with Gasteiger partial charge in [0.05, 0.1) is 5.69 Å². The summed E-state index contributed by atoms with van der Waals surface area (Å²) >= 11 is 1.70. The van der Waals surface area contributed by atoms with Crippen LogP contribution in [0.15, 0.2) is 24.3 Å². The lowest BCUT2D eigenvalue weighted by molar-refractivity contribution is 0.0520. The Labute approximate surface area is 148 Å². The van der Waals surface area contributed by atoms with Crippen LogP contribution in [0.5, 0.6) is 0 Å². The second kappa shape index (κ2) is 5.57. The third-order valence-electron chi connectivity index (χ3n) is 5.72. The Bertz CT molecular complexity index is 741. The van der Waals surface area contributed by atoms with E-state index in [1.54, 1.807) is 11.3 Å². The molecule has 2 N–H and O–H groups in total. The number of fused-ring (bicyclic) bond motifs is 2. The van der Waals surface area contributed by atoms with Crippen molar-refractivity contribution in [1.82, 2.24) is 9.88 Å². The average Bonchev–Trinajstić information content (AvgIpc) is 2.96. The van der Waals surface area contributed by atoms with E-state index in [4.69, 9.17) is 10.7 Å². The topological polar surface area (TPSA) is 42.2 Å². The van der Waals surface area contributed by atoms with Gasteiger partial charge in [-0.2, -0.15) is 0 Å². The highest BCUT2D eigenvalue weighted by atomic mass is 32.1. The average molecular weight is 342 g/mol. The Balaban J connectivity index is 1.75. The van der Waals surface area contributed by atoms with Crippen molar-refractivity contribution in [3.8, 4) is 0 Å². The molecule has 3 nitrogen and oxygen atoms in total. The summed E-state index contributed by atoms with van der Waals surface area (Å²) in [4.78, 5) is 8.80. The van der Waals surface area contributed by atoms with Crippen LogP contribution in [-0.2, 0) is 5.41 Å². The maximum atomic E-state index is 6.04. The molecular weight excluding hydrogens is 314 g/mol. The number of nitrogens with zero attached hydrogens (tertiary/aromatic N) is 2. The molecule has 1 aliphatic carbocycles. The molecule has 128 valence electrons. The zero-order chi connectivity index (χ0) is 17.1. The van der Waals surface area contributed by atoms with Gasteiger partial charge in [0.1, 0.15) is 0 Å². The number of hydrogen-bond donors (Lipinski definition) is 1. The van der Waals surface area contributed by atoms with Gasteiger partial charge in [-0.1, -0.05) is 52.0 Å². The van der Waals surface area contributed by atoms with E-state index < -0.39 is 0 Å². The maximum Gasteiger partial charge on any atom is 0.180 e. The minimum absolute atomic E-state index is 0.199. The molecule has 1 fully saturated rings. The van der Waals surface area contributed by atoms with E-state index in [0.29, 0.717) is 18.0 Å². The molecule has 1 aromatic carbocycles. The Morgan fingerprint density at radius 2 is 1.92 bits per heavy atom. The van der Waals surface area contributed by atoms with E-state index in [1.165, 1.54) is 34.5 Å². The van der Waals surface area contributed by atoms with Gasteiger partial charge in [0.15, 0.2) is 5.13 Å². The number of nitrogens with two attached hydrogens (primary N) is 1. The fourth-order valence-electron chi connectivity index (χ4n) is 4.54. The number of anilines is 1. The van der Waals surface area contributed by atoms with Crippen LogP contribution in [-0.4, -0.2) is 16.4 Å². The summed E-state index contributed by atoms with van der Waals surface area (Å²) in [5, 5.41) is 0.733. The van der Waals surface area contributed by atoms with E-state index in [1.807, 2.05) is 0 Å². The maximum absolute atomic E-state index is 6.04. The van der Waals surface area contributed by atoms with Crippen LogP contribution in [0.2, 0.25) is 0 Å². The SMILES string of the molecule is CCN1C2CCC(c3nc(N)sc32)C1c1ccc(C(C)(C)C)cc1. The van der Waals surface area contributed by atoms with Crippen LogP contribution in [0.25, 0.3) is 0 Å². The number of hydrogen-bond acceptors (Lipinski definition) is 4. The Morgan fingerprint density at radius 1 is 1.21 bits per heavy atom. The van der Waals surface area contributed by atoms with E-state index in [0.717, 1.165) is 11.7 Å². The van der Waals surface area contributed by atoms with Gasteiger partial charge in [0.25, 0.3) is 0 Å². The van der Waals surface area contributed by atoms with Crippen molar-refractivity contribution in [2.24, 2.45) is 0 Å². The van der Waals surface area contributed by atoms with E-state index in [-0.39, 0.29) is 5.41 Å². The number of piperidine rings is 1. The molecule has 3 atom stereocenters. The Morgan fingerprint density at radius 3 is 2.54 bits per heavy atom. The van der Waals surface area contributed by atoms with Gasteiger partial charge in [-0.3, -0.25) is 4.90 Å². The van der Waals surface area contributed by atoms with Gasteiger partial charge < -0.3 is 5.73 Å². The molecule has 1 saturated heterocycles. The van der Waals surface area contributed by atoms with Crippen molar-refractivity contribution in [1.29, 1.82) is 0 Å². The monoisotopic (exact) mass is 341 g/mol. The largest absolute Gasteiger partial charge is 0.375 e. The molecule has 0 spiro atoms. The predicted molar refractivity (Wildman–Crippen MR) is 102 cm³/mol.